The molecule has 0 aliphatic carbocycles. The van der Waals surface area contributed by atoms with Gasteiger partial charge in [-0.1, -0.05) is 36.4 Å². The van der Waals surface area contributed by atoms with Crippen molar-refractivity contribution in [2.45, 2.75) is 6.10 Å². The van der Waals surface area contributed by atoms with Crippen LogP contribution in [0.2, 0.25) is 0 Å². The third-order valence-corrected chi connectivity index (χ3v) is 4.28. The van der Waals surface area contributed by atoms with Crippen LogP contribution in [0.15, 0.2) is 48.5 Å². The van der Waals surface area contributed by atoms with E-state index in [1.807, 2.05) is 24.3 Å². The van der Waals surface area contributed by atoms with Gasteiger partial charge in [0.05, 0.1) is 18.7 Å². The number of hydrogen-bond acceptors (Lipinski definition) is 3. The molecule has 1 fully saturated rings. The Balaban J connectivity index is 1.60. The van der Waals surface area contributed by atoms with Crippen LogP contribution in [0.4, 0.5) is 4.39 Å². The zero-order valence-corrected chi connectivity index (χ0v) is 12.9. The molecule has 24 heavy (non-hydrogen) atoms. The highest BCUT2D eigenvalue weighted by molar-refractivity contribution is 6.04. The number of hydrogen-bond donors (Lipinski definition) is 1. The van der Waals surface area contributed by atoms with Gasteiger partial charge in [0.1, 0.15) is 11.9 Å². The van der Waals surface area contributed by atoms with Crippen molar-refractivity contribution in [1.82, 2.24) is 15.1 Å². The van der Waals surface area contributed by atoms with E-state index < -0.39 is 6.10 Å². The average Bonchev–Trinajstić information content (AvgIpc) is 3.06. The molecule has 2 heterocycles. The first-order chi connectivity index (χ1) is 11.7. The molecule has 1 atom stereocenters. The van der Waals surface area contributed by atoms with Crippen LogP contribution in [0.1, 0.15) is 22.2 Å². The lowest BCUT2D eigenvalue weighted by Gasteiger charge is -2.33. The van der Waals surface area contributed by atoms with Crippen LogP contribution in [0.25, 0.3) is 10.9 Å². The summed E-state index contributed by atoms with van der Waals surface area (Å²) < 4.78 is 19.7. The second-order valence-corrected chi connectivity index (χ2v) is 5.75. The first-order valence-electron chi connectivity index (χ1n) is 7.82. The van der Waals surface area contributed by atoms with Crippen molar-refractivity contribution < 1.29 is 13.9 Å². The lowest BCUT2D eigenvalue weighted by molar-refractivity contribution is -0.0244. The van der Waals surface area contributed by atoms with Gasteiger partial charge in [-0.05, 0) is 12.1 Å². The van der Waals surface area contributed by atoms with Gasteiger partial charge in [0.2, 0.25) is 0 Å². The third kappa shape index (κ3) is 2.55. The first-order valence-corrected chi connectivity index (χ1v) is 7.82. The van der Waals surface area contributed by atoms with Crippen LogP contribution < -0.4 is 0 Å². The molecule has 0 bridgehead atoms. The predicted molar refractivity (Wildman–Crippen MR) is 87.1 cm³/mol. The molecule has 2 aromatic carbocycles. The standard InChI is InChI=1S/C18H16FN3O2/c19-14-7-3-1-5-12(14)16-11-22(9-10-24-16)18(23)17-13-6-2-4-8-15(13)20-21-17/h1-8,16H,9-11H2,(H,20,21)/t16-/m0/s1. The molecule has 1 aliphatic heterocycles. The number of carbonyl (C=O) groups is 1. The maximum absolute atomic E-state index is 14.0. The number of H-pyrrole nitrogens is 1. The van der Waals surface area contributed by atoms with Gasteiger partial charge in [0, 0.05) is 17.5 Å². The normalized spacial score (nSPS) is 18.0. The zero-order valence-electron chi connectivity index (χ0n) is 12.9. The minimum absolute atomic E-state index is 0.169. The number of carbonyl (C=O) groups excluding carboxylic acids is 1. The van der Waals surface area contributed by atoms with Crippen molar-refractivity contribution in [3.05, 3.63) is 65.6 Å². The molecule has 1 amide bonds. The number of rotatable bonds is 2. The maximum Gasteiger partial charge on any atom is 0.275 e. The van der Waals surface area contributed by atoms with Gasteiger partial charge >= 0.3 is 0 Å². The Bertz CT molecular complexity index is 893. The fraction of sp³-hybridized carbons (Fsp3) is 0.222. The summed E-state index contributed by atoms with van der Waals surface area (Å²) in [7, 11) is 0. The Morgan fingerprint density at radius 3 is 2.88 bits per heavy atom. The highest BCUT2D eigenvalue weighted by Gasteiger charge is 2.29. The number of aromatic nitrogens is 2. The van der Waals surface area contributed by atoms with Gasteiger partial charge in [0.15, 0.2) is 5.69 Å². The van der Waals surface area contributed by atoms with Gasteiger partial charge < -0.3 is 9.64 Å². The molecule has 1 N–H and O–H groups in total. The summed E-state index contributed by atoms with van der Waals surface area (Å²) >= 11 is 0. The predicted octanol–water partition coefficient (Wildman–Crippen LogP) is 2.92. The van der Waals surface area contributed by atoms with E-state index in [0.29, 0.717) is 31.0 Å². The number of morpholine rings is 1. The molecule has 122 valence electrons. The van der Waals surface area contributed by atoms with Crippen LogP contribution in [-0.4, -0.2) is 40.7 Å². The number of fused-ring (bicyclic) bond motifs is 1. The highest BCUT2D eigenvalue weighted by atomic mass is 19.1. The van der Waals surface area contributed by atoms with Gasteiger partial charge in [-0.3, -0.25) is 9.89 Å². The summed E-state index contributed by atoms with van der Waals surface area (Å²) in [5.74, 6) is -0.487. The van der Waals surface area contributed by atoms with E-state index in [9.17, 15) is 9.18 Å². The quantitative estimate of drug-likeness (QED) is 0.788. The maximum atomic E-state index is 14.0. The number of benzene rings is 2. The second kappa shape index (κ2) is 6.05. The van der Waals surface area contributed by atoms with Gasteiger partial charge in [-0.2, -0.15) is 5.10 Å². The molecule has 0 spiro atoms. The summed E-state index contributed by atoms with van der Waals surface area (Å²) in [6, 6.07) is 14.0. The topological polar surface area (TPSA) is 58.2 Å². The summed E-state index contributed by atoms with van der Waals surface area (Å²) in [4.78, 5) is 14.5. The van der Waals surface area contributed by atoms with Crippen LogP contribution in [-0.2, 0) is 4.74 Å². The number of nitrogens with zero attached hydrogens (tertiary/aromatic N) is 2. The zero-order chi connectivity index (χ0) is 16.5. The lowest BCUT2D eigenvalue weighted by Crippen LogP contribution is -2.42. The molecule has 3 aromatic rings. The molecule has 1 saturated heterocycles. The van der Waals surface area contributed by atoms with E-state index >= 15 is 0 Å². The van der Waals surface area contributed by atoms with E-state index in [-0.39, 0.29) is 11.7 Å². The molecule has 1 aromatic heterocycles. The molecule has 5 nitrogen and oxygen atoms in total. The fourth-order valence-corrected chi connectivity index (χ4v) is 3.03. The smallest absolute Gasteiger partial charge is 0.275 e. The van der Waals surface area contributed by atoms with Gasteiger partial charge in [-0.25, -0.2) is 4.39 Å². The third-order valence-electron chi connectivity index (χ3n) is 4.28. The number of halogens is 1. The number of aromatic amines is 1. The fourth-order valence-electron chi connectivity index (χ4n) is 3.03. The van der Waals surface area contributed by atoms with Crippen molar-refractivity contribution in [3.8, 4) is 0 Å². The molecule has 4 rings (SSSR count). The molecule has 6 heteroatoms. The summed E-state index contributed by atoms with van der Waals surface area (Å²) in [5.41, 5.74) is 1.68. The summed E-state index contributed by atoms with van der Waals surface area (Å²) in [6.07, 6.45) is -0.464. The largest absolute Gasteiger partial charge is 0.370 e. The Labute approximate surface area is 138 Å². The minimum atomic E-state index is -0.464. The Morgan fingerprint density at radius 1 is 1.21 bits per heavy atom. The van der Waals surface area contributed by atoms with Crippen molar-refractivity contribution in [1.29, 1.82) is 0 Å². The van der Waals surface area contributed by atoms with E-state index in [1.54, 1.807) is 23.1 Å². The Kier molecular flexibility index (Phi) is 3.74. The SMILES string of the molecule is O=C(c1n[nH]c2ccccc12)N1CCO[C@H](c2ccccc2F)C1. The number of ether oxygens (including phenoxy) is 1. The summed E-state index contributed by atoms with van der Waals surface area (Å²) in [6.45, 7) is 1.14. The van der Waals surface area contributed by atoms with Crippen molar-refractivity contribution in [2.75, 3.05) is 19.7 Å². The van der Waals surface area contributed by atoms with E-state index in [1.165, 1.54) is 6.07 Å². The number of nitrogens with one attached hydrogen (secondary N) is 1. The monoisotopic (exact) mass is 325 g/mol. The van der Waals surface area contributed by atoms with Gasteiger partial charge in [0.25, 0.3) is 5.91 Å². The molecule has 0 unspecified atom stereocenters. The minimum Gasteiger partial charge on any atom is -0.370 e. The molecule has 1 aliphatic rings. The first kappa shape index (κ1) is 14.8. The number of para-hydroxylation sites is 1. The van der Waals surface area contributed by atoms with Crippen LogP contribution in [0.3, 0.4) is 0 Å². The van der Waals surface area contributed by atoms with Crippen LogP contribution >= 0.6 is 0 Å². The average molecular weight is 325 g/mol. The molecular weight excluding hydrogens is 309 g/mol. The molecule has 0 radical (unpaired) electrons. The number of amides is 1. The van der Waals surface area contributed by atoms with Crippen molar-refractivity contribution in [2.24, 2.45) is 0 Å². The van der Waals surface area contributed by atoms with E-state index in [2.05, 4.69) is 10.2 Å². The summed E-state index contributed by atoms with van der Waals surface area (Å²) in [5, 5.41) is 7.81. The van der Waals surface area contributed by atoms with E-state index in [4.69, 9.17) is 4.74 Å². The van der Waals surface area contributed by atoms with Crippen molar-refractivity contribution in [3.63, 3.8) is 0 Å². The lowest BCUT2D eigenvalue weighted by atomic mass is 10.1. The second-order valence-electron chi connectivity index (χ2n) is 5.75. The van der Waals surface area contributed by atoms with Crippen LogP contribution in [0.5, 0.6) is 0 Å². The van der Waals surface area contributed by atoms with Gasteiger partial charge in [-0.15, -0.1) is 0 Å². The van der Waals surface area contributed by atoms with Crippen molar-refractivity contribution >= 4 is 16.8 Å². The Hall–Kier alpha value is -2.73. The highest BCUT2D eigenvalue weighted by Crippen LogP contribution is 2.26. The Morgan fingerprint density at radius 2 is 2.00 bits per heavy atom. The molecule has 0 saturated carbocycles. The van der Waals surface area contributed by atoms with Crippen LogP contribution in [0, 0.1) is 5.82 Å². The van der Waals surface area contributed by atoms with E-state index in [0.717, 1.165) is 10.9 Å². The molecular formula is C18H16FN3O2.